The van der Waals surface area contributed by atoms with E-state index in [4.69, 9.17) is 4.74 Å². The van der Waals surface area contributed by atoms with Crippen LogP contribution in [-0.2, 0) is 16.1 Å². The van der Waals surface area contributed by atoms with Gasteiger partial charge in [0.2, 0.25) is 5.91 Å². The molecule has 1 saturated carbocycles. The first-order chi connectivity index (χ1) is 11.7. The zero-order chi connectivity index (χ0) is 16.6. The van der Waals surface area contributed by atoms with E-state index in [1.54, 1.807) is 4.90 Å². The minimum atomic E-state index is -0.736. The standard InChI is InChI=1S/C20H20N2O2/c21-14-20(9-4-10-20)19(23)22-11-17(12-22)24-13-16-7-3-6-15-5-1-2-8-18(15)16/h1-3,5-8,17H,4,9-13H2. The quantitative estimate of drug-likeness (QED) is 0.869. The molecule has 1 saturated heterocycles. The second kappa shape index (κ2) is 5.92. The van der Waals surface area contributed by atoms with Crippen molar-refractivity contribution in [3.63, 3.8) is 0 Å². The minimum Gasteiger partial charge on any atom is -0.370 e. The number of amides is 1. The van der Waals surface area contributed by atoms with Gasteiger partial charge in [0.25, 0.3) is 0 Å². The van der Waals surface area contributed by atoms with Crippen LogP contribution >= 0.6 is 0 Å². The van der Waals surface area contributed by atoms with Gasteiger partial charge in [0.15, 0.2) is 0 Å². The number of hydrogen-bond donors (Lipinski definition) is 0. The van der Waals surface area contributed by atoms with Crippen LogP contribution in [0.4, 0.5) is 0 Å². The average Bonchev–Trinajstić information content (AvgIpc) is 2.53. The summed E-state index contributed by atoms with van der Waals surface area (Å²) in [4.78, 5) is 14.2. The zero-order valence-electron chi connectivity index (χ0n) is 13.6. The van der Waals surface area contributed by atoms with Crippen molar-refractivity contribution in [3.05, 3.63) is 48.0 Å². The van der Waals surface area contributed by atoms with Crippen molar-refractivity contribution in [1.82, 2.24) is 4.90 Å². The largest absolute Gasteiger partial charge is 0.370 e. The molecule has 0 bridgehead atoms. The lowest BCUT2D eigenvalue weighted by Gasteiger charge is -2.45. The summed E-state index contributed by atoms with van der Waals surface area (Å²) < 4.78 is 5.97. The Hall–Kier alpha value is -2.38. The van der Waals surface area contributed by atoms with Gasteiger partial charge in [-0.15, -0.1) is 0 Å². The van der Waals surface area contributed by atoms with Gasteiger partial charge in [-0.05, 0) is 35.6 Å². The molecule has 2 aromatic rings. The van der Waals surface area contributed by atoms with Gasteiger partial charge in [-0.2, -0.15) is 5.26 Å². The van der Waals surface area contributed by atoms with Crippen molar-refractivity contribution < 1.29 is 9.53 Å². The third-order valence-electron chi connectivity index (χ3n) is 5.32. The van der Waals surface area contributed by atoms with Crippen molar-refractivity contribution in [2.45, 2.75) is 32.0 Å². The Morgan fingerprint density at radius 1 is 1.21 bits per heavy atom. The highest BCUT2D eigenvalue weighted by atomic mass is 16.5. The van der Waals surface area contributed by atoms with Crippen LogP contribution in [0.2, 0.25) is 0 Å². The third kappa shape index (κ3) is 2.46. The van der Waals surface area contributed by atoms with Crippen LogP contribution in [0.1, 0.15) is 24.8 Å². The Bertz CT molecular complexity index is 808. The maximum atomic E-state index is 12.4. The minimum absolute atomic E-state index is 0.00117. The molecule has 2 aromatic carbocycles. The number of carbonyl (C=O) groups is 1. The molecular weight excluding hydrogens is 300 g/mol. The topological polar surface area (TPSA) is 53.3 Å². The monoisotopic (exact) mass is 320 g/mol. The predicted octanol–water partition coefficient (Wildman–Crippen LogP) is 3.26. The number of ether oxygens (including phenoxy) is 1. The third-order valence-corrected chi connectivity index (χ3v) is 5.32. The summed E-state index contributed by atoms with van der Waals surface area (Å²) >= 11 is 0. The Balaban J connectivity index is 1.34. The van der Waals surface area contributed by atoms with Crippen LogP contribution in [0.5, 0.6) is 0 Å². The zero-order valence-corrected chi connectivity index (χ0v) is 13.6. The van der Waals surface area contributed by atoms with E-state index in [-0.39, 0.29) is 12.0 Å². The summed E-state index contributed by atoms with van der Waals surface area (Å²) in [5, 5.41) is 11.7. The van der Waals surface area contributed by atoms with Crippen LogP contribution < -0.4 is 0 Å². The van der Waals surface area contributed by atoms with Crippen molar-refractivity contribution in [2.24, 2.45) is 5.41 Å². The van der Waals surface area contributed by atoms with Gasteiger partial charge >= 0.3 is 0 Å². The lowest BCUT2D eigenvalue weighted by atomic mass is 9.68. The number of benzene rings is 2. The van der Waals surface area contributed by atoms with Crippen LogP contribution in [0.25, 0.3) is 10.8 Å². The van der Waals surface area contributed by atoms with Crippen molar-refractivity contribution in [1.29, 1.82) is 5.26 Å². The maximum Gasteiger partial charge on any atom is 0.243 e. The molecule has 1 aliphatic carbocycles. The lowest BCUT2D eigenvalue weighted by Crippen LogP contribution is -2.59. The van der Waals surface area contributed by atoms with Crippen LogP contribution in [0.3, 0.4) is 0 Å². The first-order valence-electron chi connectivity index (χ1n) is 8.51. The number of carbonyl (C=O) groups excluding carboxylic acids is 1. The van der Waals surface area contributed by atoms with E-state index >= 15 is 0 Å². The Kier molecular flexibility index (Phi) is 3.74. The molecule has 0 spiro atoms. The molecule has 1 heterocycles. The Morgan fingerprint density at radius 2 is 1.96 bits per heavy atom. The first kappa shape index (κ1) is 15.2. The second-order valence-electron chi connectivity index (χ2n) is 6.83. The molecule has 1 amide bonds. The molecule has 0 unspecified atom stereocenters. The van der Waals surface area contributed by atoms with E-state index in [1.165, 1.54) is 16.3 Å². The van der Waals surface area contributed by atoms with Gasteiger partial charge in [0.1, 0.15) is 5.41 Å². The molecule has 0 N–H and O–H groups in total. The summed E-state index contributed by atoms with van der Waals surface area (Å²) in [7, 11) is 0. The van der Waals surface area contributed by atoms with Gasteiger partial charge in [0, 0.05) is 13.1 Å². The molecular formula is C20H20N2O2. The van der Waals surface area contributed by atoms with Gasteiger partial charge in [-0.1, -0.05) is 42.5 Å². The molecule has 0 aromatic heterocycles. The molecule has 2 aliphatic rings. The molecule has 2 fully saturated rings. The smallest absolute Gasteiger partial charge is 0.243 e. The van der Waals surface area contributed by atoms with Crippen molar-refractivity contribution >= 4 is 16.7 Å². The second-order valence-corrected chi connectivity index (χ2v) is 6.83. The molecule has 1 aliphatic heterocycles. The lowest BCUT2D eigenvalue weighted by molar-refractivity contribution is -0.157. The molecule has 0 radical (unpaired) electrons. The van der Waals surface area contributed by atoms with E-state index in [0.717, 1.165) is 6.42 Å². The van der Waals surface area contributed by atoms with E-state index in [9.17, 15) is 10.1 Å². The molecule has 24 heavy (non-hydrogen) atoms. The number of hydrogen-bond acceptors (Lipinski definition) is 3. The van der Waals surface area contributed by atoms with E-state index in [0.29, 0.717) is 32.5 Å². The highest BCUT2D eigenvalue weighted by Crippen LogP contribution is 2.42. The molecule has 4 heteroatoms. The van der Waals surface area contributed by atoms with Gasteiger partial charge in [-0.3, -0.25) is 4.79 Å². The molecule has 122 valence electrons. The van der Waals surface area contributed by atoms with Gasteiger partial charge < -0.3 is 9.64 Å². The fourth-order valence-electron chi connectivity index (χ4n) is 3.54. The summed E-state index contributed by atoms with van der Waals surface area (Å²) in [5.41, 5.74) is 0.436. The van der Waals surface area contributed by atoms with Crippen LogP contribution in [-0.4, -0.2) is 30.0 Å². The fourth-order valence-corrected chi connectivity index (χ4v) is 3.54. The molecule has 0 atom stereocenters. The normalized spacial score (nSPS) is 19.4. The summed E-state index contributed by atoms with van der Waals surface area (Å²) in [6, 6.07) is 16.7. The van der Waals surface area contributed by atoms with Gasteiger partial charge in [0.05, 0.1) is 18.8 Å². The van der Waals surface area contributed by atoms with Crippen molar-refractivity contribution in [2.75, 3.05) is 13.1 Å². The van der Waals surface area contributed by atoms with E-state index in [1.807, 2.05) is 18.2 Å². The van der Waals surface area contributed by atoms with E-state index < -0.39 is 5.41 Å². The summed E-state index contributed by atoms with van der Waals surface area (Å²) in [6.45, 7) is 1.76. The maximum absolute atomic E-state index is 12.4. The van der Waals surface area contributed by atoms with E-state index in [2.05, 4.69) is 30.3 Å². The SMILES string of the molecule is N#CC1(C(=O)N2CC(OCc3cccc4ccccc34)C2)CCC1. The highest BCUT2D eigenvalue weighted by Gasteiger charge is 2.49. The van der Waals surface area contributed by atoms with Crippen LogP contribution in [0, 0.1) is 16.7 Å². The number of rotatable bonds is 4. The predicted molar refractivity (Wildman–Crippen MR) is 91.0 cm³/mol. The average molecular weight is 320 g/mol. The number of fused-ring (bicyclic) bond motifs is 1. The first-order valence-corrected chi connectivity index (χ1v) is 8.51. The van der Waals surface area contributed by atoms with Gasteiger partial charge in [-0.25, -0.2) is 0 Å². The van der Waals surface area contributed by atoms with Crippen LogP contribution in [0.15, 0.2) is 42.5 Å². The highest BCUT2D eigenvalue weighted by molar-refractivity contribution is 5.87. The number of likely N-dealkylation sites (tertiary alicyclic amines) is 1. The number of nitrogens with zero attached hydrogens (tertiary/aromatic N) is 2. The number of nitriles is 1. The summed E-state index contributed by atoms with van der Waals surface area (Å²) in [5.74, 6) is 0.00117. The van der Waals surface area contributed by atoms with Crippen molar-refractivity contribution in [3.8, 4) is 6.07 Å². The Labute approximate surface area is 141 Å². The fraction of sp³-hybridized carbons (Fsp3) is 0.400. The summed E-state index contributed by atoms with van der Waals surface area (Å²) in [6.07, 6.45) is 2.47. The molecule has 4 rings (SSSR count). The Morgan fingerprint density at radius 3 is 2.67 bits per heavy atom. The molecule has 4 nitrogen and oxygen atoms in total.